The van der Waals surface area contributed by atoms with E-state index in [2.05, 4.69) is 15.3 Å². The number of aryl methyl sites for hydroxylation is 1. The maximum atomic E-state index is 14.4. The molecule has 0 fully saturated rings. The van der Waals surface area contributed by atoms with E-state index in [-0.39, 0.29) is 16.8 Å². The van der Waals surface area contributed by atoms with Crippen molar-refractivity contribution in [2.75, 3.05) is 12.4 Å². The van der Waals surface area contributed by atoms with Crippen molar-refractivity contribution in [3.63, 3.8) is 0 Å². The first-order valence-corrected chi connectivity index (χ1v) is 8.10. The quantitative estimate of drug-likeness (QED) is 0.737. The second-order valence-electron chi connectivity index (χ2n) is 5.99. The molecule has 0 aliphatic carbocycles. The number of nitrogens with one attached hydrogen (secondary N) is 1. The summed E-state index contributed by atoms with van der Waals surface area (Å²) in [6.45, 7) is 3.24. The first-order valence-electron chi connectivity index (χ1n) is 8.10. The van der Waals surface area contributed by atoms with E-state index in [0.29, 0.717) is 16.8 Å². The number of halogens is 3. The maximum absolute atomic E-state index is 14.4. The number of aromatic nitrogens is 3. The van der Waals surface area contributed by atoms with Crippen molar-refractivity contribution in [2.45, 2.75) is 26.3 Å². The minimum atomic E-state index is -2.91. The van der Waals surface area contributed by atoms with Gasteiger partial charge in [0.1, 0.15) is 25.1 Å². The topological polar surface area (TPSA) is 69.0 Å². The Hall–Kier alpha value is -3.10. The van der Waals surface area contributed by atoms with Crippen molar-refractivity contribution in [2.24, 2.45) is 0 Å². The minimum Gasteiger partial charge on any atom is -0.412 e. The standard InChI is InChI=1S/C18H17F3N4O2/c1-9-7-13-16(22-8-23-17(13)25(27-3)18(9)26)24-10(2)11-5-4-6-12(14(11)19)15(20)21/h4-8,10,15H,1-3H3,(H,22,23,24)/t10-/m1/s1. The van der Waals surface area contributed by atoms with Crippen LogP contribution in [0.4, 0.5) is 19.0 Å². The van der Waals surface area contributed by atoms with Gasteiger partial charge in [-0.05, 0) is 19.9 Å². The van der Waals surface area contributed by atoms with E-state index in [1.165, 1.54) is 25.6 Å². The van der Waals surface area contributed by atoms with Crippen LogP contribution in [0.15, 0.2) is 35.4 Å². The lowest BCUT2D eigenvalue weighted by molar-refractivity contribution is 0.146. The minimum absolute atomic E-state index is 0.0800. The average molecular weight is 378 g/mol. The number of alkyl halides is 2. The largest absolute Gasteiger partial charge is 0.412 e. The van der Waals surface area contributed by atoms with Gasteiger partial charge in [0, 0.05) is 11.1 Å². The third-order valence-electron chi connectivity index (χ3n) is 4.23. The van der Waals surface area contributed by atoms with E-state index in [4.69, 9.17) is 4.84 Å². The molecule has 142 valence electrons. The van der Waals surface area contributed by atoms with Gasteiger partial charge in [-0.3, -0.25) is 4.79 Å². The molecule has 0 aliphatic heterocycles. The smallest absolute Gasteiger partial charge is 0.287 e. The van der Waals surface area contributed by atoms with Crippen LogP contribution < -0.4 is 15.7 Å². The molecule has 9 heteroatoms. The van der Waals surface area contributed by atoms with E-state index in [0.717, 1.165) is 10.8 Å². The van der Waals surface area contributed by atoms with Crippen molar-refractivity contribution < 1.29 is 18.0 Å². The van der Waals surface area contributed by atoms with Gasteiger partial charge in [-0.25, -0.2) is 23.1 Å². The summed E-state index contributed by atoms with van der Waals surface area (Å²) < 4.78 is 41.3. The average Bonchev–Trinajstić information content (AvgIpc) is 2.63. The number of hydrogen-bond donors (Lipinski definition) is 1. The number of rotatable bonds is 5. The number of pyridine rings is 1. The Bertz CT molecular complexity index is 1050. The number of anilines is 1. The Morgan fingerprint density at radius 1 is 1.22 bits per heavy atom. The van der Waals surface area contributed by atoms with Crippen LogP contribution in [-0.2, 0) is 0 Å². The predicted molar refractivity (Wildman–Crippen MR) is 94.4 cm³/mol. The van der Waals surface area contributed by atoms with Crippen LogP contribution in [0.5, 0.6) is 0 Å². The molecule has 2 aromatic heterocycles. The molecule has 27 heavy (non-hydrogen) atoms. The van der Waals surface area contributed by atoms with Gasteiger partial charge < -0.3 is 10.2 Å². The van der Waals surface area contributed by atoms with Crippen LogP contribution >= 0.6 is 0 Å². The lowest BCUT2D eigenvalue weighted by Gasteiger charge is -2.18. The highest BCUT2D eigenvalue weighted by molar-refractivity contribution is 5.87. The predicted octanol–water partition coefficient (Wildman–Crippen LogP) is 3.41. The molecule has 2 heterocycles. The van der Waals surface area contributed by atoms with Gasteiger partial charge in [0.15, 0.2) is 5.65 Å². The van der Waals surface area contributed by atoms with E-state index >= 15 is 0 Å². The van der Waals surface area contributed by atoms with Crippen molar-refractivity contribution in [3.8, 4) is 0 Å². The van der Waals surface area contributed by atoms with E-state index in [1.54, 1.807) is 19.9 Å². The summed E-state index contributed by atoms with van der Waals surface area (Å²) in [4.78, 5) is 25.4. The van der Waals surface area contributed by atoms with Gasteiger partial charge in [0.2, 0.25) is 0 Å². The van der Waals surface area contributed by atoms with E-state index < -0.39 is 23.8 Å². The molecule has 3 aromatic rings. The van der Waals surface area contributed by atoms with Crippen molar-refractivity contribution in [1.29, 1.82) is 0 Å². The van der Waals surface area contributed by atoms with Crippen molar-refractivity contribution in [3.05, 3.63) is 63.5 Å². The molecule has 0 saturated carbocycles. The second kappa shape index (κ2) is 7.26. The van der Waals surface area contributed by atoms with Crippen LogP contribution in [0.1, 0.15) is 36.1 Å². The number of benzene rings is 1. The third-order valence-corrected chi connectivity index (χ3v) is 4.23. The van der Waals surface area contributed by atoms with E-state index in [1.807, 2.05) is 0 Å². The van der Waals surface area contributed by atoms with Gasteiger partial charge in [-0.2, -0.15) is 0 Å². The third kappa shape index (κ3) is 3.32. The van der Waals surface area contributed by atoms with Crippen molar-refractivity contribution >= 4 is 16.9 Å². The van der Waals surface area contributed by atoms with Gasteiger partial charge in [0.25, 0.3) is 12.0 Å². The molecular formula is C18H17F3N4O2. The zero-order valence-electron chi connectivity index (χ0n) is 14.8. The molecule has 0 amide bonds. The van der Waals surface area contributed by atoms with Crippen LogP contribution in [0, 0.1) is 12.7 Å². The zero-order chi connectivity index (χ0) is 19.7. The van der Waals surface area contributed by atoms with Crippen LogP contribution in [0.3, 0.4) is 0 Å². The fraction of sp³-hybridized carbons (Fsp3) is 0.278. The normalized spacial score (nSPS) is 12.4. The molecule has 1 atom stereocenters. The summed E-state index contributed by atoms with van der Waals surface area (Å²) in [6.07, 6.45) is -1.68. The van der Waals surface area contributed by atoms with Crippen LogP contribution in [0.2, 0.25) is 0 Å². The summed E-state index contributed by atoms with van der Waals surface area (Å²) in [6, 6.07) is 4.79. The fourth-order valence-corrected chi connectivity index (χ4v) is 2.85. The molecule has 1 aromatic carbocycles. The molecule has 0 aliphatic rings. The number of hydrogen-bond acceptors (Lipinski definition) is 5. The summed E-state index contributed by atoms with van der Waals surface area (Å²) in [5.74, 6) is -0.640. The Labute approximate surface area is 152 Å². The first kappa shape index (κ1) is 18.7. The highest BCUT2D eigenvalue weighted by Gasteiger charge is 2.20. The van der Waals surface area contributed by atoms with Crippen LogP contribution in [-0.4, -0.2) is 21.8 Å². The maximum Gasteiger partial charge on any atom is 0.287 e. The molecule has 1 N–H and O–H groups in total. The Morgan fingerprint density at radius 2 is 1.93 bits per heavy atom. The lowest BCUT2D eigenvalue weighted by atomic mass is 10.0. The molecule has 0 unspecified atom stereocenters. The fourth-order valence-electron chi connectivity index (χ4n) is 2.85. The molecular weight excluding hydrogens is 361 g/mol. The van der Waals surface area contributed by atoms with Gasteiger partial charge in [-0.1, -0.05) is 18.2 Å². The van der Waals surface area contributed by atoms with Gasteiger partial charge >= 0.3 is 0 Å². The van der Waals surface area contributed by atoms with Gasteiger partial charge in [0.05, 0.1) is 17.0 Å². The highest BCUT2D eigenvalue weighted by atomic mass is 19.3. The monoisotopic (exact) mass is 378 g/mol. The SMILES string of the molecule is COn1c(=O)c(C)cc2c(N[C@H](C)c3cccc(C(F)F)c3F)ncnc21. The summed E-state index contributed by atoms with van der Waals surface area (Å²) in [5, 5.41) is 3.48. The summed E-state index contributed by atoms with van der Waals surface area (Å²) in [7, 11) is 1.34. The molecule has 0 radical (unpaired) electrons. The molecule has 0 bridgehead atoms. The number of fused-ring (bicyclic) bond motifs is 1. The Balaban J connectivity index is 2.06. The number of nitrogens with zero attached hydrogens (tertiary/aromatic N) is 3. The first-order chi connectivity index (χ1) is 12.8. The van der Waals surface area contributed by atoms with Crippen molar-refractivity contribution in [1.82, 2.24) is 14.7 Å². The Kier molecular flexibility index (Phi) is 5.02. The summed E-state index contributed by atoms with van der Waals surface area (Å²) >= 11 is 0. The van der Waals surface area contributed by atoms with Crippen LogP contribution in [0.25, 0.3) is 11.0 Å². The summed E-state index contributed by atoms with van der Waals surface area (Å²) in [5.41, 5.74) is -0.298. The molecule has 3 rings (SSSR count). The highest BCUT2D eigenvalue weighted by Crippen LogP contribution is 2.29. The Morgan fingerprint density at radius 3 is 2.59 bits per heavy atom. The van der Waals surface area contributed by atoms with Gasteiger partial charge in [-0.15, -0.1) is 4.73 Å². The lowest BCUT2D eigenvalue weighted by Crippen LogP contribution is -2.27. The zero-order valence-corrected chi connectivity index (χ0v) is 14.8. The molecule has 0 saturated heterocycles. The van der Waals surface area contributed by atoms with E-state index in [9.17, 15) is 18.0 Å². The molecule has 0 spiro atoms. The molecule has 6 nitrogen and oxygen atoms in total. The second-order valence-corrected chi connectivity index (χ2v) is 5.99.